The molecule has 1 saturated carbocycles. The molecular weight excluding hydrogens is 162 g/mol. The van der Waals surface area contributed by atoms with E-state index >= 15 is 0 Å². The minimum atomic E-state index is -0.142. The van der Waals surface area contributed by atoms with Crippen LogP contribution in [0.4, 0.5) is 0 Å². The van der Waals surface area contributed by atoms with Gasteiger partial charge in [-0.05, 0) is 38.0 Å². The van der Waals surface area contributed by atoms with Gasteiger partial charge in [-0.1, -0.05) is 12.8 Å². The Bertz CT molecular complexity index is 175. The minimum absolute atomic E-state index is 0.142. The highest BCUT2D eigenvalue weighted by Gasteiger charge is 2.23. The predicted octanol–water partition coefficient (Wildman–Crippen LogP) is 2.48. The summed E-state index contributed by atoms with van der Waals surface area (Å²) in [5, 5.41) is 17.8. The molecule has 1 aliphatic rings. The second kappa shape index (κ2) is 5.24. The van der Waals surface area contributed by atoms with Gasteiger partial charge in [0.05, 0.1) is 12.2 Å². The molecule has 1 N–H and O–H groups in total. The average molecular weight is 181 g/mol. The second-order valence-corrected chi connectivity index (χ2v) is 4.22. The van der Waals surface area contributed by atoms with E-state index in [9.17, 15) is 5.11 Å². The fraction of sp³-hybridized carbons (Fsp3) is 0.909. The molecule has 13 heavy (non-hydrogen) atoms. The van der Waals surface area contributed by atoms with E-state index in [4.69, 9.17) is 5.26 Å². The van der Waals surface area contributed by atoms with Crippen LogP contribution < -0.4 is 0 Å². The number of hydrogen-bond acceptors (Lipinski definition) is 2. The van der Waals surface area contributed by atoms with E-state index in [2.05, 4.69) is 6.07 Å². The first-order valence-corrected chi connectivity index (χ1v) is 5.29. The Morgan fingerprint density at radius 3 is 2.46 bits per heavy atom. The van der Waals surface area contributed by atoms with Crippen LogP contribution in [0, 0.1) is 23.2 Å². The number of nitriles is 1. The molecule has 0 bridgehead atoms. The quantitative estimate of drug-likeness (QED) is 0.727. The van der Waals surface area contributed by atoms with Crippen LogP contribution in [0.2, 0.25) is 0 Å². The molecule has 74 valence electrons. The lowest BCUT2D eigenvalue weighted by atomic mass is 9.78. The largest absolute Gasteiger partial charge is 0.393 e. The minimum Gasteiger partial charge on any atom is -0.393 e. The lowest BCUT2D eigenvalue weighted by Crippen LogP contribution is -2.23. The molecule has 1 atom stereocenters. The Balaban J connectivity index is 2.19. The van der Waals surface area contributed by atoms with Crippen molar-refractivity contribution in [2.24, 2.45) is 11.8 Å². The van der Waals surface area contributed by atoms with E-state index in [1.807, 2.05) is 6.92 Å². The number of aliphatic hydroxyl groups excluding tert-OH is 1. The summed E-state index contributed by atoms with van der Waals surface area (Å²) in [6.45, 7) is 1.89. The van der Waals surface area contributed by atoms with Crippen LogP contribution in [0.5, 0.6) is 0 Å². The molecule has 0 aromatic rings. The highest BCUT2D eigenvalue weighted by atomic mass is 16.3. The summed E-state index contributed by atoms with van der Waals surface area (Å²) in [5.41, 5.74) is 0. The van der Waals surface area contributed by atoms with Crippen molar-refractivity contribution >= 4 is 0 Å². The molecule has 2 nitrogen and oxygen atoms in total. The summed E-state index contributed by atoms with van der Waals surface area (Å²) in [6, 6.07) is 2.20. The number of aliphatic hydroxyl groups is 1. The van der Waals surface area contributed by atoms with Gasteiger partial charge in [0, 0.05) is 6.42 Å². The molecule has 0 spiro atoms. The van der Waals surface area contributed by atoms with E-state index in [1.54, 1.807) is 0 Å². The maximum absolute atomic E-state index is 9.39. The first-order chi connectivity index (χ1) is 6.24. The van der Waals surface area contributed by atoms with Crippen molar-refractivity contribution in [2.45, 2.75) is 51.6 Å². The van der Waals surface area contributed by atoms with Crippen molar-refractivity contribution in [3.8, 4) is 6.07 Å². The second-order valence-electron chi connectivity index (χ2n) is 4.22. The highest BCUT2D eigenvalue weighted by Crippen LogP contribution is 2.32. The van der Waals surface area contributed by atoms with Crippen molar-refractivity contribution in [1.29, 1.82) is 5.26 Å². The zero-order chi connectivity index (χ0) is 9.68. The Kier molecular flexibility index (Phi) is 4.24. The third kappa shape index (κ3) is 3.36. The van der Waals surface area contributed by atoms with E-state index in [-0.39, 0.29) is 6.10 Å². The van der Waals surface area contributed by atoms with Gasteiger partial charge in [-0.3, -0.25) is 0 Å². The van der Waals surface area contributed by atoms with Gasteiger partial charge in [-0.15, -0.1) is 0 Å². The highest BCUT2D eigenvalue weighted by molar-refractivity contribution is 4.78. The van der Waals surface area contributed by atoms with Gasteiger partial charge in [0.25, 0.3) is 0 Å². The number of nitrogens with zero attached hydrogens (tertiary/aromatic N) is 1. The van der Waals surface area contributed by atoms with Crippen molar-refractivity contribution < 1.29 is 5.11 Å². The standard InChI is InChI=1S/C11H19NO/c1-9(13)11-6-4-10(5-7-11)3-2-8-12/h9-11,13H,2-7H2,1H3. The average Bonchev–Trinajstić information content (AvgIpc) is 2.15. The van der Waals surface area contributed by atoms with E-state index < -0.39 is 0 Å². The van der Waals surface area contributed by atoms with Gasteiger partial charge >= 0.3 is 0 Å². The molecule has 0 saturated heterocycles. The predicted molar refractivity (Wildman–Crippen MR) is 52.0 cm³/mol. The molecule has 1 rings (SSSR count). The number of rotatable bonds is 3. The lowest BCUT2D eigenvalue weighted by molar-refractivity contribution is 0.0875. The molecule has 1 unspecified atom stereocenters. The monoisotopic (exact) mass is 181 g/mol. The summed E-state index contributed by atoms with van der Waals surface area (Å²) in [5.74, 6) is 1.26. The van der Waals surface area contributed by atoms with Gasteiger partial charge in [-0.2, -0.15) is 5.26 Å². The molecule has 1 fully saturated rings. The lowest BCUT2D eigenvalue weighted by Gasteiger charge is -2.29. The molecule has 0 aliphatic heterocycles. The van der Waals surface area contributed by atoms with Crippen LogP contribution >= 0.6 is 0 Å². The van der Waals surface area contributed by atoms with Crippen LogP contribution in [0.15, 0.2) is 0 Å². The van der Waals surface area contributed by atoms with Crippen molar-refractivity contribution in [3.63, 3.8) is 0 Å². The maximum Gasteiger partial charge on any atom is 0.0621 e. The molecule has 0 aromatic heterocycles. The van der Waals surface area contributed by atoms with E-state index in [0.717, 1.165) is 25.2 Å². The smallest absolute Gasteiger partial charge is 0.0621 e. The fourth-order valence-electron chi connectivity index (χ4n) is 2.23. The van der Waals surface area contributed by atoms with Gasteiger partial charge in [0.15, 0.2) is 0 Å². The first-order valence-electron chi connectivity index (χ1n) is 5.29. The summed E-state index contributed by atoms with van der Waals surface area (Å²) in [7, 11) is 0. The maximum atomic E-state index is 9.39. The molecule has 0 amide bonds. The molecular formula is C11H19NO. The summed E-state index contributed by atoms with van der Waals surface area (Å²) in [4.78, 5) is 0. The Labute approximate surface area is 80.6 Å². The normalized spacial score (nSPS) is 30.8. The van der Waals surface area contributed by atoms with Gasteiger partial charge < -0.3 is 5.11 Å². The van der Waals surface area contributed by atoms with Gasteiger partial charge in [-0.25, -0.2) is 0 Å². The number of hydrogen-bond donors (Lipinski definition) is 1. The van der Waals surface area contributed by atoms with Crippen LogP contribution in [0.3, 0.4) is 0 Å². The third-order valence-electron chi connectivity index (χ3n) is 3.24. The summed E-state index contributed by atoms with van der Waals surface area (Å²) >= 11 is 0. The summed E-state index contributed by atoms with van der Waals surface area (Å²) in [6.07, 6.45) is 6.32. The summed E-state index contributed by atoms with van der Waals surface area (Å²) < 4.78 is 0. The van der Waals surface area contributed by atoms with E-state index in [1.165, 1.54) is 12.8 Å². The molecule has 0 radical (unpaired) electrons. The van der Waals surface area contributed by atoms with E-state index in [0.29, 0.717) is 12.3 Å². The Hall–Kier alpha value is -0.550. The van der Waals surface area contributed by atoms with Crippen molar-refractivity contribution in [3.05, 3.63) is 0 Å². The first kappa shape index (κ1) is 10.5. The third-order valence-corrected chi connectivity index (χ3v) is 3.24. The Morgan fingerprint density at radius 1 is 1.38 bits per heavy atom. The molecule has 2 heteroatoms. The Morgan fingerprint density at radius 2 is 2.00 bits per heavy atom. The van der Waals surface area contributed by atoms with Gasteiger partial charge in [0.2, 0.25) is 0 Å². The molecule has 1 aliphatic carbocycles. The molecule has 0 aromatic carbocycles. The zero-order valence-electron chi connectivity index (χ0n) is 8.37. The zero-order valence-corrected chi connectivity index (χ0v) is 8.37. The van der Waals surface area contributed by atoms with Crippen LogP contribution in [-0.4, -0.2) is 11.2 Å². The SMILES string of the molecule is CC(O)C1CCC(CCC#N)CC1. The fourth-order valence-corrected chi connectivity index (χ4v) is 2.23. The van der Waals surface area contributed by atoms with Crippen molar-refractivity contribution in [1.82, 2.24) is 0 Å². The van der Waals surface area contributed by atoms with Crippen LogP contribution in [0.1, 0.15) is 45.4 Å². The van der Waals surface area contributed by atoms with Crippen molar-refractivity contribution in [2.75, 3.05) is 0 Å². The molecule has 0 heterocycles. The van der Waals surface area contributed by atoms with Crippen LogP contribution in [0.25, 0.3) is 0 Å². The van der Waals surface area contributed by atoms with Gasteiger partial charge in [0.1, 0.15) is 0 Å². The van der Waals surface area contributed by atoms with Crippen LogP contribution in [-0.2, 0) is 0 Å². The topological polar surface area (TPSA) is 44.0 Å².